The Morgan fingerprint density at radius 2 is 1.89 bits per heavy atom. The van der Waals surface area contributed by atoms with Crippen LogP contribution in [0.5, 0.6) is 0 Å². The Hall–Kier alpha value is 0.0869. The maximum absolute atomic E-state index is 11.4. The van der Waals surface area contributed by atoms with E-state index >= 15 is 0 Å². The van der Waals surface area contributed by atoms with Gasteiger partial charge in [0.15, 0.2) is 8.32 Å². The number of aliphatic hydroxyl groups is 1. The van der Waals surface area contributed by atoms with E-state index in [1.807, 2.05) is 0 Å². The van der Waals surface area contributed by atoms with Crippen molar-refractivity contribution in [2.45, 2.75) is 56.8 Å². The van der Waals surface area contributed by atoms with Gasteiger partial charge < -0.3 is 14.3 Å². The molecule has 0 bridgehead atoms. The summed E-state index contributed by atoms with van der Waals surface area (Å²) in [5.74, 6) is -0.455. The van der Waals surface area contributed by atoms with Crippen molar-refractivity contribution in [1.29, 1.82) is 0 Å². The molecule has 0 saturated heterocycles. The highest BCUT2D eigenvalue weighted by atomic mass is 79.9. The third kappa shape index (κ3) is 5.38. The van der Waals surface area contributed by atoms with Gasteiger partial charge in [0.2, 0.25) is 0 Å². The Labute approximate surface area is 119 Å². The molecule has 0 aromatic carbocycles. The van der Waals surface area contributed by atoms with Gasteiger partial charge in [0.05, 0.1) is 19.3 Å². The Morgan fingerprint density at radius 1 is 1.39 bits per heavy atom. The Balaban J connectivity index is 4.34. The van der Waals surface area contributed by atoms with Gasteiger partial charge >= 0.3 is 5.97 Å². The predicted molar refractivity (Wildman–Crippen MR) is 78.5 cm³/mol. The van der Waals surface area contributed by atoms with E-state index in [-0.39, 0.29) is 11.6 Å². The van der Waals surface area contributed by atoms with Gasteiger partial charge in [0.25, 0.3) is 0 Å². The van der Waals surface area contributed by atoms with Gasteiger partial charge in [0, 0.05) is 0 Å². The van der Waals surface area contributed by atoms with Crippen LogP contribution in [0.25, 0.3) is 0 Å². The lowest BCUT2D eigenvalue weighted by Gasteiger charge is -2.37. The number of aliphatic hydroxyl groups excluding tert-OH is 1. The zero-order valence-corrected chi connectivity index (χ0v) is 14.7. The molecule has 6 heteroatoms. The summed E-state index contributed by atoms with van der Waals surface area (Å²) in [5.41, 5.74) is 0. The van der Waals surface area contributed by atoms with Gasteiger partial charge in [-0.05, 0) is 25.1 Å². The predicted octanol–water partition coefficient (Wildman–Crippen LogP) is 2.70. The smallest absolute Gasteiger partial charge is 0.322 e. The second-order valence-electron chi connectivity index (χ2n) is 5.79. The van der Waals surface area contributed by atoms with Crippen molar-refractivity contribution >= 4 is 30.2 Å². The van der Waals surface area contributed by atoms with E-state index in [9.17, 15) is 9.90 Å². The normalized spacial score (nSPS) is 16.2. The summed E-state index contributed by atoms with van der Waals surface area (Å²) in [6.07, 6.45) is -0.891. The molecule has 0 rings (SSSR count). The maximum atomic E-state index is 11.4. The van der Waals surface area contributed by atoms with Gasteiger partial charge in [-0.3, -0.25) is 4.79 Å². The summed E-state index contributed by atoms with van der Waals surface area (Å²) in [6.45, 7) is 12.8. The summed E-state index contributed by atoms with van der Waals surface area (Å²) >= 11 is 3.14. The fourth-order valence-corrected chi connectivity index (χ4v) is 2.28. The molecule has 0 aromatic heterocycles. The zero-order valence-electron chi connectivity index (χ0n) is 12.1. The molecule has 1 N–H and O–H groups in total. The van der Waals surface area contributed by atoms with Gasteiger partial charge in [-0.25, -0.2) is 0 Å². The maximum Gasteiger partial charge on any atom is 0.322 e. The molecule has 0 heterocycles. The average Bonchev–Trinajstić information content (AvgIpc) is 2.23. The Bertz CT molecular complexity index is 276. The van der Waals surface area contributed by atoms with E-state index in [0.29, 0.717) is 6.61 Å². The summed E-state index contributed by atoms with van der Waals surface area (Å²) in [7, 11) is -1.90. The Morgan fingerprint density at radius 3 is 2.28 bits per heavy atom. The first kappa shape index (κ1) is 18.1. The fraction of sp³-hybridized carbons (Fsp3) is 0.917. The lowest BCUT2D eigenvalue weighted by molar-refractivity contribution is -0.144. The molecular formula is C12H25BrO4Si. The second-order valence-corrected chi connectivity index (χ2v) is 11.6. The van der Waals surface area contributed by atoms with Crippen molar-refractivity contribution in [2.75, 3.05) is 13.2 Å². The minimum atomic E-state index is -1.90. The molecule has 108 valence electrons. The lowest BCUT2D eigenvalue weighted by atomic mass is 10.2. The molecule has 0 radical (unpaired) electrons. The summed E-state index contributed by atoms with van der Waals surface area (Å²) in [5, 5.41) is 9.98. The SMILES string of the molecule is CCOC(=O)[C@H](Br)[C@H](O)CO[Si](C)(C)C(C)(C)C. The number of carbonyl (C=O) groups excluding carboxylic acids is 1. The number of carbonyl (C=O) groups is 1. The van der Waals surface area contributed by atoms with Crippen LogP contribution in [0.3, 0.4) is 0 Å². The molecule has 4 nitrogen and oxygen atoms in total. The highest BCUT2D eigenvalue weighted by Crippen LogP contribution is 2.36. The number of halogens is 1. The van der Waals surface area contributed by atoms with Crippen LogP contribution in [-0.4, -0.2) is 43.5 Å². The number of hydrogen-bond acceptors (Lipinski definition) is 4. The molecule has 0 amide bonds. The third-order valence-corrected chi connectivity index (χ3v) is 8.76. The van der Waals surface area contributed by atoms with E-state index < -0.39 is 25.2 Å². The molecule has 0 aliphatic heterocycles. The van der Waals surface area contributed by atoms with E-state index in [4.69, 9.17) is 9.16 Å². The van der Waals surface area contributed by atoms with Gasteiger partial charge in [-0.1, -0.05) is 36.7 Å². The van der Waals surface area contributed by atoms with Crippen molar-refractivity contribution < 1.29 is 19.1 Å². The molecule has 0 fully saturated rings. The van der Waals surface area contributed by atoms with Crippen molar-refractivity contribution in [3.05, 3.63) is 0 Å². The highest BCUT2D eigenvalue weighted by Gasteiger charge is 2.38. The molecule has 0 unspecified atom stereocenters. The zero-order chi connectivity index (χ0) is 14.6. The average molecular weight is 341 g/mol. The van der Waals surface area contributed by atoms with Gasteiger partial charge in [-0.2, -0.15) is 0 Å². The number of hydrogen-bond donors (Lipinski definition) is 1. The van der Waals surface area contributed by atoms with Crippen molar-refractivity contribution in [3.63, 3.8) is 0 Å². The molecular weight excluding hydrogens is 316 g/mol. The van der Waals surface area contributed by atoms with Crippen LogP contribution in [-0.2, 0) is 14.0 Å². The first-order valence-electron chi connectivity index (χ1n) is 6.15. The van der Waals surface area contributed by atoms with Crippen LogP contribution in [0.1, 0.15) is 27.7 Å². The molecule has 2 atom stereocenters. The van der Waals surface area contributed by atoms with Crippen LogP contribution >= 0.6 is 15.9 Å². The van der Waals surface area contributed by atoms with E-state index in [2.05, 4.69) is 49.8 Å². The van der Waals surface area contributed by atoms with E-state index in [0.717, 1.165) is 0 Å². The standard InChI is InChI=1S/C12H25BrO4Si/c1-7-16-11(15)10(13)9(14)8-17-18(5,6)12(2,3)4/h9-10,14H,7-8H2,1-6H3/t9-,10-/m1/s1. The second kappa shape index (κ2) is 7.03. The highest BCUT2D eigenvalue weighted by molar-refractivity contribution is 9.10. The quantitative estimate of drug-likeness (QED) is 0.458. The monoisotopic (exact) mass is 340 g/mol. The molecule has 0 spiro atoms. The van der Waals surface area contributed by atoms with Crippen LogP contribution in [0.4, 0.5) is 0 Å². The van der Waals surface area contributed by atoms with E-state index in [1.165, 1.54) is 0 Å². The van der Waals surface area contributed by atoms with Crippen LogP contribution in [0.15, 0.2) is 0 Å². The summed E-state index contributed by atoms with van der Waals surface area (Å²) in [4.78, 5) is 10.7. The molecule has 0 aliphatic carbocycles. The molecule has 0 aromatic rings. The van der Waals surface area contributed by atoms with Crippen molar-refractivity contribution in [1.82, 2.24) is 0 Å². The lowest BCUT2D eigenvalue weighted by Crippen LogP contribution is -2.44. The number of rotatable bonds is 6. The summed E-state index contributed by atoms with van der Waals surface area (Å²) < 4.78 is 10.7. The summed E-state index contributed by atoms with van der Waals surface area (Å²) in [6, 6.07) is 0. The Kier molecular flexibility index (Phi) is 7.06. The van der Waals surface area contributed by atoms with Gasteiger partial charge in [-0.15, -0.1) is 0 Å². The number of ether oxygens (including phenoxy) is 1. The first-order valence-corrected chi connectivity index (χ1v) is 9.98. The van der Waals surface area contributed by atoms with Crippen molar-refractivity contribution in [3.8, 4) is 0 Å². The largest absolute Gasteiger partial charge is 0.465 e. The molecule has 0 aliphatic rings. The van der Waals surface area contributed by atoms with Crippen LogP contribution in [0.2, 0.25) is 18.1 Å². The van der Waals surface area contributed by atoms with Gasteiger partial charge in [0.1, 0.15) is 4.83 Å². The minimum absolute atomic E-state index is 0.0818. The van der Waals surface area contributed by atoms with Crippen molar-refractivity contribution in [2.24, 2.45) is 0 Å². The number of esters is 1. The van der Waals surface area contributed by atoms with Crippen LogP contribution < -0.4 is 0 Å². The first-order chi connectivity index (χ1) is 8.03. The fourth-order valence-electron chi connectivity index (χ4n) is 0.974. The number of alkyl halides is 1. The van der Waals surface area contributed by atoms with E-state index in [1.54, 1.807) is 6.92 Å². The third-order valence-electron chi connectivity index (χ3n) is 3.27. The van der Waals surface area contributed by atoms with Crippen LogP contribution in [0, 0.1) is 0 Å². The topological polar surface area (TPSA) is 55.8 Å². The molecule has 0 saturated carbocycles. The minimum Gasteiger partial charge on any atom is -0.465 e. The molecule has 18 heavy (non-hydrogen) atoms.